The summed E-state index contributed by atoms with van der Waals surface area (Å²) < 4.78 is 0. The number of nitrogen functional groups attached to an aromatic ring is 1. The second-order valence-corrected chi connectivity index (χ2v) is 5.49. The van der Waals surface area contributed by atoms with Gasteiger partial charge < -0.3 is 16.0 Å². The molecule has 1 aromatic rings. The highest BCUT2D eigenvalue weighted by Gasteiger charge is 2.27. The van der Waals surface area contributed by atoms with E-state index in [0.29, 0.717) is 17.6 Å². The minimum absolute atomic E-state index is 0.0384. The minimum Gasteiger partial charge on any atom is -0.399 e. The maximum atomic E-state index is 12.2. The Labute approximate surface area is 115 Å². The van der Waals surface area contributed by atoms with Crippen molar-refractivity contribution in [2.75, 3.05) is 18.1 Å². The zero-order chi connectivity index (χ0) is 13.8. The quantitative estimate of drug-likeness (QED) is 0.802. The zero-order valence-corrected chi connectivity index (χ0v) is 11.7. The third-order valence-electron chi connectivity index (χ3n) is 4.05. The number of rotatable bonds is 2. The topological polar surface area (TPSA) is 58.4 Å². The lowest BCUT2D eigenvalue weighted by atomic mass is 9.85. The maximum absolute atomic E-state index is 12.2. The van der Waals surface area contributed by atoms with Crippen molar-refractivity contribution in [3.63, 3.8) is 0 Å². The number of nitrogens with two attached hydrogens (primary N) is 1. The molecular formula is C15H23N3O. The van der Waals surface area contributed by atoms with Gasteiger partial charge in [-0.1, -0.05) is 19.8 Å². The molecule has 1 aromatic carbocycles. The lowest BCUT2D eigenvalue weighted by molar-refractivity contribution is 0.155. The number of carbonyl (C=O) groups excluding carboxylic acids is 1. The number of nitrogens with zero attached hydrogens (tertiary/aromatic N) is 1. The van der Waals surface area contributed by atoms with Crippen LogP contribution in [0.5, 0.6) is 0 Å². The summed E-state index contributed by atoms with van der Waals surface area (Å²) in [6, 6.07) is 7.54. The molecule has 0 heterocycles. The first-order valence-electron chi connectivity index (χ1n) is 6.97. The molecule has 0 bridgehead atoms. The second kappa shape index (κ2) is 5.95. The van der Waals surface area contributed by atoms with Gasteiger partial charge in [0.25, 0.3) is 0 Å². The van der Waals surface area contributed by atoms with E-state index in [4.69, 9.17) is 5.73 Å². The average molecular weight is 261 g/mol. The van der Waals surface area contributed by atoms with Gasteiger partial charge in [-0.3, -0.25) is 0 Å². The van der Waals surface area contributed by atoms with Gasteiger partial charge in [0.15, 0.2) is 0 Å². The summed E-state index contributed by atoms with van der Waals surface area (Å²) in [5.41, 5.74) is 7.12. The first-order valence-corrected chi connectivity index (χ1v) is 6.97. The van der Waals surface area contributed by atoms with E-state index < -0.39 is 0 Å². The molecular weight excluding hydrogens is 238 g/mol. The van der Waals surface area contributed by atoms with E-state index in [-0.39, 0.29) is 6.03 Å². The van der Waals surface area contributed by atoms with E-state index in [1.165, 1.54) is 19.3 Å². The van der Waals surface area contributed by atoms with Gasteiger partial charge in [0, 0.05) is 24.5 Å². The zero-order valence-electron chi connectivity index (χ0n) is 11.7. The van der Waals surface area contributed by atoms with Crippen LogP contribution in [0.15, 0.2) is 24.3 Å². The highest BCUT2D eigenvalue weighted by atomic mass is 16.2. The lowest BCUT2D eigenvalue weighted by Crippen LogP contribution is -2.44. The molecule has 2 amide bonds. The van der Waals surface area contributed by atoms with E-state index in [9.17, 15) is 4.79 Å². The standard InChI is InChI=1S/C15H23N3O/c1-11-5-3-4-6-14(11)18(2)15(19)17-13-9-7-12(16)8-10-13/h7-11,14H,3-6,16H2,1-2H3,(H,17,19). The molecule has 1 fully saturated rings. The van der Waals surface area contributed by atoms with Crippen LogP contribution < -0.4 is 11.1 Å². The fourth-order valence-electron chi connectivity index (χ4n) is 2.80. The normalized spacial score (nSPS) is 22.8. The van der Waals surface area contributed by atoms with Crippen molar-refractivity contribution >= 4 is 17.4 Å². The third kappa shape index (κ3) is 3.40. The summed E-state index contributed by atoms with van der Waals surface area (Å²) in [6.45, 7) is 2.23. The van der Waals surface area contributed by atoms with Crippen LogP contribution in [0.4, 0.5) is 16.2 Å². The van der Waals surface area contributed by atoms with Gasteiger partial charge in [-0.15, -0.1) is 0 Å². The number of amides is 2. The Morgan fingerprint density at radius 3 is 2.53 bits per heavy atom. The minimum atomic E-state index is -0.0384. The molecule has 2 rings (SSSR count). The van der Waals surface area contributed by atoms with Crippen molar-refractivity contribution in [2.24, 2.45) is 5.92 Å². The van der Waals surface area contributed by atoms with Gasteiger partial charge >= 0.3 is 6.03 Å². The molecule has 104 valence electrons. The number of anilines is 2. The SMILES string of the molecule is CC1CCCCC1N(C)C(=O)Nc1ccc(N)cc1. The highest BCUT2D eigenvalue weighted by Crippen LogP contribution is 2.27. The Balaban J connectivity index is 1.96. The van der Waals surface area contributed by atoms with Crippen LogP contribution in [-0.2, 0) is 0 Å². The van der Waals surface area contributed by atoms with Crippen molar-refractivity contribution in [1.29, 1.82) is 0 Å². The van der Waals surface area contributed by atoms with Crippen LogP contribution in [-0.4, -0.2) is 24.0 Å². The fourth-order valence-corrected chi connectivity index (χ4v) is 2.80. The van der Waals surface area contributed by atoms with Crippen molar-refractivity contribution < 1.29 is 4.79 Å². The van der Waals surface area contributed by atoms with E-state index in [1.807, 2.05) is 24.1 Å². The number of benzene rings is 1. The van der Waals surface area contributed by atoms with Crippen molar-refractivity contribution in [3.8, 4) is 0 Å². The summed E-state index contributed by atoms with van der Waals surface area (Å²) in [5.74, 6) is 0.580. The van der Waals surface area contributed by atoms with Crippen LogP contribution in [0.3, 0.4) is 0 Å². The molecule has 4 nitrogen and oxygen atoms in total. The van der Waals surface area contributed by atoms with Gasteiger partial charge in [0.1, 0.15) is 0 Å². The first-order chi connectivity index (χ1) is 9.08. The monoisotopic (exact) mass is 261 g/mol. The van der Waals surface area contributed by atoms with E-state index in [0.717, 1.165) is 12.1 Å². The van der Waals surface area contributed by atoms with E-state index in [1.54, 1.807) is 12.1 Å². The Hall–Kier alpha value is -1.71. The van der Waals surface area contributed by atoms with Gasteiger partial charge in [-0.05, 0) is 43.0 Å². The summed E-state index contributed by atoms with van der Waals surface area (Å²) in [7, 11) is 1.89. The van der Waals surface area contributed by atoms with Crippen LogP contribution >= 0.6 is 0 Å². The molecule has 0 aromatic heterocycles. The fraction of sp³-hybridized carbons (Fsp3) is 0.533. The van der Waals surface area contributed by atoms with Crippen molar-refractivity contribution in [3.05, 3.63) is 24.3 Å². The van der Waals surface area contributed by atoms with Crippen LogP contribution in [0, 0.1) is 5.92 Å². The number of hydrogen-bond donors (Lipinski definition) is 2. The summed E-state index contributed by atoms with van der Waals surface area (Å²) in [6.07, 6.45) is 4.82. The average Bonchev–Trinajstić information content (AvgIpc) is 2.41. The molecule has 1 aliphatic rings. The Kier molecular flexibility index (Phi) is 4.30. The lowest BCUT2D eigenvalue weighted by Gasteiger charge is -2.36. The smallest absolute Gasteiger partial charge is 0.321 e. The number of nitrogens with one attached hydrogen (secondary N) is 1. The summed E-state index contributed by atoms with van der Waals surface area (Å²) >= 11 is 0. The van der Waals surface area contributed by atoms with E-state index in [2.05, 4.69) is 12.2 Å². The predicted molar refractivity (Wildman–Crippen MR) is 79.1 cm³/mol. The molecule has 0 aliphatic heterocycles. The third-order valence-corrected chi connectivity index (χ3v) is 4.05. The van der Waals surface area contributed by atoms with Gasteiger partial charge in [0.05, 0.1) is 0 Å². The Bertz CT molecular complexity index is 430. The molecule has 2 atom stereocenters. The first kappa shape index (κ1) is 13.7. The second-order valence-electron chi connectivity index (χ2n) is 5.49. The van der Waals surface area contributed by atoms with Gasteiger partial charge in [0.2, 0.25) is 0 Å². The van der Waals surface area contributed by atoms with Crippen LogP contribution in [0.25, 0.3) is 0 Å². The number of carbonyl (C=O) groups is 1. The molecule has 4 heteroatoms. The number of hydrogen-bond acceptors (Lipinski definition) is 2. The number of urea groups is 1. The molecule has 2 unspecified atom stereocenters. The molecule has 0 radical (unpaired) electrons. The largest absolute Gasteiger partial charge is 0.399 e. The summed E-state index contributed by atoms with van der Waals surface area (Å²) in [4.78, 5) is 14.1. The molecule has 0 saturated heterocycles. The Morgan fingerprint density at radius 2 is 1.89 bits per heavy atom. The highest BCUT2D eigenvalue weighted by molar-refractivity contribution is 5.89. The van der Waals surface area contributed by atoms with Gasteiger partial charge in [-0.25, -0.2) is 4.79 Å². The maximum Gasteiger partial charge on any atom is 0.321 e. The molecule has 19 heavy (non-hydrogen) atoms. The molecule has 3 N–H and O–H groups in total. The predicted octanol–water partition coefficient (Wildman–Crippen LogP) is 3.31. The van der Waals surface area contributed by atoms with Crippen molar-refractivity contribution in [1.82, 2.24) is 4.90 Å². The van der Waals surface area contributed by atoms with Gasteiger partial charge in [-0.2, -0.15) is 0 Å². The molecule has 1 aliphatic carbocycles. The Morgan fingerprint density at radius 1 is 1.26 bits per heavy atom. The molecule has 1 saturated carbocycles. The molecule has 0 spiro atoms. The van der Waals surface area contributed by atoms with Crippen molar-refractivity contribution in [2.45, 2.75) is 38.6 Å². The van der Waals surface area contributed by atoms with E-state index >= 15 is 0 Å². The van der Waals surface area contributed by atoms with Crippen LogP contribution in [0.1, 0.15) is 32.6 Å². The summed E-state index contributed by atoms with van der Waals surface area (Å²) in [5, 5.41) is 2.92. The van der Waals surface area contributed by atoms with Crippen LogP contribution in [0.2, 0.25) is 0 Å².